The first-order valence-corrected chi connectivity index (χ1v) is 5.34. The molecule has 0 fully saturated rings. The Morgan fingerprint density at radius 1 is 1.47 bits per heavy atom. The van der Waals surface area contributed by atoms with Crippen LogP contribution in [0.2, 0.25) is 0 Å². The lowest BCUT2D eigenvalue weighted by Gasteiger charge is -1.88. The fraction of sp³-hybridized carbons (Fsp3) is 0.333. The second-order valence-corrected chi connectivity index (χ2v) is 3.83. The highest BCUT2D eigenvalue weighted by Gasteiger charge is 2.08. The van der Waals surface area contributed by atoms with E-state index in [0.29, 0.717) is 18.3 Å². The third-order valence-electron chi connectivity index (χ3n) is 1.80. The number of thiophene rings is 1. The summed E-state index contributed by atoms with van der Waals surface area (Å²) in [5, 5.41) is 5.89. The van der Waals surface area contributed by atoms with Crippen LogP contribution in [0.15, 0.2) is 22.0 Å². The summed E-state index contributed by atoms with van der Waals surface area (Å²) in [4.78, 5) is 5.30. The quantitative estimate of drug-likeness (QED) is 0.896. The largest absolute Gasteiger partial charge is 0.339 e. The molecule has 0 spiro atoms. The molecule has 0 radical (unpaired) electrons. The van der Waals surface area contributed by atoms with E-state index in [2.05, 4.69) is 10.1 Å². The first kappa shape index (κ1) is 12.2. The van der Waals surface area contributed by atoms with Crippen LogP contribution in [0.4, 0.5) is 0 Å². The third-order valence-corrected chi connectivity index (χ3v) is 2.67. The van der Waals surface area contributed by atoms with Crippen LogP contribution >= 0.6 is 23.7 Å². The molecule has 6 heteroatoms. The van der Waals surface area contributed by atoms with Crippen molar-refractivity contribution < 1.29 is 4.52 Å². The van der Waals surface area contributed by atoms with E-state index in [4.69, 9.17) is 10.3 Å². The van der Waals surface area contributed by atoms with Crippen molar-refractivity contribution in [1.29, 1.82) is 0 Å². The van der Waals surface area contributed by atoms with Crippen molar-refractivity contribution in [3.8, 4) is 10.7 Å². The molecule has 4 nitrogen and oxygen atoms in total. The lowest BCUT2D eigenvalue weighted by Crippen LogP contribution is -2.00. The van der Waals surface area contributed by atoms with Crippen LogP contribution in [0.3, 0.4) is 0 Å². The van der Waals surface area contributed by atoms with Crippen molar-refractivity contribution in [3.05, 3.63) is 23.4 Å². The maximum Gasteiger partial charge on any atom is 0.227 e. The summed E-state index contributed by atoms with van der Waals surface area (Å²) < 4.78 is 5.08. The van der Waals surface area contributed by atoms with Gasteiger partial charge in [0.05, 0.1) is 4.88 Å². The van der Waals surface area contributed by atoms with E-state index < -0.39 is 0 Å². The van der Waals surface area contributed by atoms with E-state index in [1.807, 2.05) is 17.5 Å². The van der Waals surface area contributed by atoms with Gasteiger partial charge in [0.1, 0.15) is 0 Å². The van der Waals surface area contributed by atoms with Crippen molar-refractivity contribution in [2.24, 2.45) is 5.73 Å². The Morgan fingerprint density at radius 2 is 2.33 bits per heavy atom. The number of aryl methyl sites for hydroxylation is 1. The second kappa shape index (κ2) is 5.85. The molecule has 0 atom stereocenters. The summed E-state index contributed by atoms with van der Waals surface area (Å²) >= 11 is 1.60. The summed E-state index contributed by atoms with van der Waals surface area (Å²) in [7, 11) is 0. The first-order valence-electron chi connectivity index (χ1n) is 4.46. The van der Waals surface area contributed by atoms with Gasteiger partial charge in [-0.05, 0) is 24.4 Å². The van der Waals surface area contributed by atoms with Gasteiger partial charge < -0.3 is 10.3 Å². The summed E-state index contributed by atoms with van der Waals surface area (Å²) in [6.07, 6.45) is 1.64. The van der Waals surface area contributed by atoms with Crippen molar-refractivity contribution in [3.63, 3.8) is 0 Å². The third kappa shape index (κ3) is 3.02. The molecule has 2 N–H and O–H groups in total. The molecule has 0 bridgehead atoms. The Bertz CT molecular complexity index is 388. The van der Waals surface area contributed by atoms with E-state index in [1.165, 1.54) is 0 Å². The van der Waals surface area contributed by atoms with Crippen LogP contribution in [-0.2, 0) is 6.42 Å². The van der Waals surface area contributed by atoms with E-state index in [0.717, 1.165) is 17.7 Å². The lowest BCUT2D eigenvalue weighted by atomic mass is 10.3. The van der Waals surface area contributed by atoms with Gasteiger partial charge in [-0.25, -0.2) is 0 Å². The van der Waals surface area contributed by atoms with Crippen LogP contribution in [0.25, 0.3) is 10.7 Å². The van der Waals surface area contributed by atoms with Crippen LogP contribution in [-0.4, -0.2) is 16.7 Å². The van der Waals surface area contributed by atoms with Gasteiger partial charge in [-0.1, -0.05) is 11.2 Å². The van der Waals surface area contributed by atoms with Crippen molar-refractivity contribution >= 4 is 23.7 Å². The van der Waals surface area contributed by atoms with E-state index >= 15 is 0 Å². The average Bonchev–Trinajstić information content (AvgIpc) is 2.85. The first-order chi connectivity index (χ1) is 6.90. The summed E-state index contributed by atoms with van der Waals surface area (Å²) in [5.41, 5.74) is 5.39. The zero-order chi connectivity index (χ0) is 9.80. The maximum atomic E-state index is 5.39. The number of halogens is 1. The van der Waals surface area contributed by atoms with E-state index in [9.17, 15) is 0 Å². The van der Waals surface area contributed by atoms with Crippen LogP contribution in [0.5, 0.6) is 0 Å². The predicted molar refractivity (Wildman–Crippen MR) is 62.2 cm³/mol. The SMILES string of the molecule is Cl.NCCCc1nc(-c2cccs2)no1. The molecule has 0 unspecified atom stereocenters. The highest BCUT2D eigenvalue weighted by molar-refractivity contribution is 7.13. The highest BCUT2D eigenvalue weighted by atomic mass is 35.5. The topological polar surface area (TPSA) is 64.9 Å². The van der Waals surface area contributed by atoms with E-state index in [-0.39, 0.29) is 12.4 Å². The molecule has 0 aromatic carbocycles. The minimum atomic E-state index is 0. The molecule has 0 saturated heterocycles. The minimum absolute atomic E-state index is 0. The molecule has 2 rings (SSSR count). The number of rotatable bonds is 4. The summed E-state index contributed by atoms with van der Waals surface area (Å²) in [6, 6.07) is 3.94. The van der Waals surface area contributed by atoms with Crippen LogP contribution in [0, 0.1) is 0 Å². The van der Waals surface area contributed by atoms with Gasteiger partial charge in [0.15, 0.2) is 0 Å². The molecule has 0 saturated carbocycles. The smallest absolute Gasteiger partial charge is 0.227 e. The van der Waals surface area contributed by atoms with Gasteiger partial charge in [-0.15, -0.1) is 23.7 Å². The maximum absolute atomic E-state index is 5.39. The molecule has 0 aliphatic heterocycles. The minimum Gasteiger partial charge on any atom is -0.339 e. The Balaban J connectivity index is 0.00000112. The molecule has 0 amide bonds. The normalized spacial score (nSPS) is 9.93. The molecular weight excluding hydrogens is 234 g/mol. The Kier molecular flexibility index (Phi) is 4.74. The molecule has 15 heavy (non-hydrogen) atoms. The fourth-order valence-electron chi connectivity index (χ4n) is 1.12. The summed E-state index contributed by atoms with van der Waals surface area (Å²) in [5.74, 6) is 1.34. The molecule has 2 heterocycles. The molecule has 0 aliphatic rings. The monoisotopic (exact) mass is 245 g/mol. The lowest BCUT2D eigenvalue weighted by molar-refractivity contribution is 0.377. The summed E-state index contributed by atoms with van der Waals surface area (Å²) in [6.45, 7) is 0.650. The van der Waals surface area contributed by atoms with Crippen molar-refractivity contribution in [2.45, 2.75) is 12.8 Å². The van der Waals surface area contributed by atoms with Gasteiger partial charge in [-0.3, -0.25) is 0 Å². The zero-order valence-corrected chi connectivity index (χ0v) is 9.68. The van der Waals surface area contributed by atoms with Gasteiger partial charge >= 0.3 is 0 Å². The number of nitrogens with zero attached hydrogens (tertiary/aromatic N) is 2. The molecule has 2 aromatic rings. The van der Waals surface area contributed by atoms with Crippen LogP contribution in [0.1, 0.15) is 12.3 Å². The predicted octanol–water partition coefficient (Wildman–Crippen LogP) is 2.11. The van der Waals surface area contributed by atoms with Gasteiger partial charge in [0.2, 0.25) is 11.7 Å². The molecule has 0 aliphatic carbocycles. The number of nitrogens with two attached hydrogens (primary N) is 1. The molecule has 2 aromatic heterocycles. The second-order valence-electron chi connectivity index (χ2n) is 2.88. The number of hydrogen-bond donors (Lipinski definition) is 1. The fourth-order valence-corrected chi connectivity index (χ4v) is 1.76. The van der Waals surface area contributed by atoms with Gasteiger partial charge in [0.25, 0.3) is 0 Å². The van der Waals surface area contributed by atoms with Gasteiger partial charge in [0, 0.05) is 6.42 Å². The van der Waals surface area contributed by atoms with Crippen LogP contribution < -0.4 is 5.73 Å². The Hall–Kier alpha value is -0.910. The Morgan fingerprint density at radius 3 is 3.00 bits per heavy atom. The van der Waals surface area contributed by atoms with E-state index in [1.54, 1.807) is 11.3 Å². The number of hydrogen-bond acceptors (Lipinski definition) is 5. The molecule has 82 valence electrons. The highest BCUT2D eigenvalue weighted by Crippen LogP contribution is 2.21. The standard InChI is InChI=1S/C9H11N3OS.ClH/c10-5-1-4-8-11-9(12-13-8)7-3-2-6-14-7;/h2-3,6H,1,4-5,10H2;1H. The Labute approximate surface area is 97.9 Å². The molecular formula is C9H12ClN3OS. The zero-order valence-electron chi connectivity index (χ0n) is 8.05. The average molecular weight is 246 g/mol. The number of aromatic nitrogens is 2. The van der Waals surface area contributed by atoms with Crippen molar-refractivity contribution in [2.75, 3.05) is 6.54 Å². The van der Waals surface area contributed by atoms with Crippen molar-refractivity contribution in [1.82, 2.24) is 10.1 Å². The van der Waals surface area contributed by atoms with Gasteiger partial charge in [-0.2, -0.15) is 4.98 Å².